The largest absolute Gasteiger partial charge is 0.341 e. The van der Waals surface area contributed by atoms with E-state index < -0.39 is 0 Å². The zero-order valence-corrected chi connectivity index (χ0v) is 13.5. The van der Waals surface area contributed by atoms with E-state index in [1.54, 1.807) is 0 Å². The van der Waals surface area contributed by atoms with Crippen LogP contribution in [0.1, 0.15) is 19.3 Å². The number of carbonyl (C=O) groups is 1. The van der Waals surface area contributed by atoms with Crippen LogP contribution in [-0.4, -0.2) is 33.4 Å². The van der Waals surface area contributed by atoms with Crippen molar-refractivity contribution in [1.29, 1.82) is 0 Å². The van der Waals surface area contributed by atoms with Crippen molar-refractivity contribution in [3.05, 3.63) is 27.4 Å². The lowest BCUT2D eigenvalue weighted by Gasteiger charge is -2.26. The van der Waals surface area contributed by atoms with Gasteiger partial charge in [-0.1, -0.05) is 15.9 Å². The second kappa shape index (κ2) is 5.69. The number of nitrogens with zero attached hydrogens (tertiary/aromatic N) is 2. The highest BCUT2D eigenvalue weighted by Gasteiger charge is 2.18. The van der Waals surface area contributed by atoms with Crippen LogP contribution < -0.4 is 0 Å². The third kappa shape index (κ3) is 2.67. The number of nitrogens with one attached hydrogen (secondary N) is 1. The van der Waals surface area contributed by atoms with Gasteiger partial charge in [0.2, 0.25) is 5.91 Å². The molecule has 0 radical (unpaired) electrons. The molecular weight excluding hydrogens is 338 g/mol. The lowest BCUT2D eigenvalue weighted by molar-refractivity contribution is -0.132. The van der Waals surface area contributed by atoms with E-state index in [0.717, 1.165) is 41.4 Å². The van der Waals surface area contributed by atoms with Crippen LogP contribution in [0.15, 0.2) is 22.7 Å². The molecule has 3 rings (SSSR count). The van der Waals surface area contributed by atoms with Crippen LogP contribution in [0.25, 0.3) is 11.0 Å². The molecule has 4 nitrogen and oxygen atoms in total. The van der Waals surface area contributed by atoms with E-state index in [2.05, 4.69) is 20.9 Å². The first-order valence-corrected chi connectivity index (χ1v) is 8.01. The van der Waals surface area contributed by atoms with Gasteiger partial charge in [-0.15, -0.1) is 0 Å². The normalized spacial score (nSPS) is 15.8. The molecule has 1 aliphatic heterocycles. The summed E-state index contributed by atoms with van der Waals surface area (Å²) >= 11 is 8.80. The highest BCUT2D eigenvalue weighted by Crippen LogP contribution is 2.20. The second-order valence-corrected chi connectivity index (χ2v) is 6.42. The third-order valence-corrected chi connectivity index (χ3v) is 4.56. The first-order chi connectivity index (χ1) is 9.65. The molecule has 1 saturated heterocycles. The third-order valence-electron chi connectivity index (χ3n) is 3.74. The van der Waals surface area contributed by atoms with Crippen LogP contribution in [0, 0.1) is 4.77 Å². The van der Waals surface area contributed by atoms with Crippen LogP contribution in [0.3, 0.4) is 0 Å². The molecule has 0 aliphatic carbocycles. The molecule has 1 amide bonds. The topological polar surface area (TPSA) is 41.0 Å². The highest BCUT2D eigenvalue weighted by atomic mass is 79.9. The Hall–Kier alpha value is -1.14. The van der Waals surface area contributed by atoms with Crippen LogP contribution in [0.2, 0.25) is 0 Å². The molecule has 0 spiro atoms. The quantitative estimate of drug-likeness (QED) is 0.839. The van der Waals surface area contributed by atoms with Gasteiger partial charge in [0.1, 0.15) is 6.54 Å². The lowest BCUT2D eigenvalue weighted by atomic mass is 10.1. The van der Waals surface area contributed by atoms with Gasteiger partial charge in [-0.25, -0.2) is 0 Å². The molecule has 0 unspecified atom stereocenters. The summed E-state index contributed by atoms with van der Waals surface area (Å²) in [6.45, 7) is 2.06. The SMILES string of the molecule is O=C(Cn1c(=S)[nH]c2ccc(Br)cc21)N1CCCCC1. The minimum absolute atomic E-state index is 0.154. The van der Waals surface area contributed by atoms with Crippen LogP contribution in [-0.2, 0) is 11.3 Å². The van der Waals surface area contributed by atoms with E-state index >= 15 is 0 Å². The molecule has 1 N–H and O–H groups in total. The molecule has 1 aliphatic rings. The van der Waals surface area contributed by atoms with Crippen LogP contribution in [0.5, 0.6) is 0 Å². The number of hydrogen-bond donors (Lipinski definition) is 1. The molecule has 1 aromatic heterocycles. The van der Waals surface area contributed by atoms with Crippen molar-refractivity contribution < 1.29 is 4.79 Å². The monoisotopic (exact) mass is 353 g/mol. The number of fused-ring (bicyclic) bond motifs is 1. The number of hydrogen-bond acceptors (Lipinski definition) is 2. The average molecular weight is 354 g/mol. The van der Waals surface area contributed by atoms with Gasteiger partial charge >= 0.3 is 0 Å². The number of aromatic nitrogens is 2. The number of benzene rings is 1. The zero-order chi connectivity index (χ0) is 14.1. The summed E-state index contributed by atoms with van der Waals surface area (Å²) < 4.78 is 3.47. The summed E-state index contributed by atoms with van der Waals surface area (Å²) in [5.74, 6) is 0.154. The van der Waals surface area contributed by atoms with Crippen molar-refractivity contribution >= 4 is 45.1 Å². The maximum Gasteiger partial charge on any atom is 0.242 e. The molecule has 2 aromatic rings. The van der Waals surface area contributed by atoms with Crippen molar-refractivity contribution in [2.75, 3.05) is 13.1 Å². The standard InChI is InChI=1S/C14H16BrN3OS/c15-10-4-5-11-12(8-10)18(14(20)16-11)9-13(19)17-6-2-1-3-7-17/h4-5,8H,1-3,6-7,9H2,(H,16,20). The van der Waals surface area contributed by atoms with Gasteiger partial charge in [0.05, 0.1) is 11.0 Å². The smallest absolute Gasteiger partial charge is 0.242 e. The number of amides is 1. The van der Waals surface area contributed by atoms with Gasteiger partial charge in [0.25, 0.3) is 0 Å². The number of piperidine rings is 1. The first-order valence-electron chi connectivity index (χ1n) is 6.81. The van der Waals surface area contributed by atoms with E-state index in [-0.39, 0.29) is 5.91 Å². The summed E-state index contributed by atoms with van der Waals surface area (Å²) in [7, 11) is 0. The van der Waals surface area contributed by atoms with Gasteiger partial charge in [-0.3, -0.25) is 4.79 Å². The Morgan fingerprint density at radius 1 is 1.30 bits per heavy atom. The van der Waals surface area contributed by atoms with E-state index in [4.69, 9.17) is 12.2 Å². The van der Waals surface area contributed by atoms with Crippen LogP contribution >= 0.6 is 28.1 Å². The second-order valence-electron chi connectivity index (χ2n) is 5.12. The van der Waals surface area contributed by atoms with Crippen LogP contribution in [0.4, 0.5) is 0 Å². The number of likely N-dealkylation sites (tertiary alicyclic amines) is 1. The van der Waals surface area contributed by atoms with Gasteiger partial charge < -0.3 is 14.5 Å². The molecular formula is C14H16BrN3OS. The molecule has 2 heterocycles. The summed E-state index contributed by atoms with van der Waals surface area (Å²) in [6, 6.07) is 5.92. The molecule has 1 fully saturated rings. The Morgan fingerprint density at radius 2 is 2.05 bits per heavy atom. The first kappa shape index (κ1) is 13.8. The number of halogens is 1. The summed E-state index contributed by atoms with van der Waals surface area (Å²) in [6.07, 6.45) is 3.44. The van der Waals surface area contributed by atoms with E-state index in [1.165, 1.54) is 6.42 Å². The summed E-state index contributed by atoms with van der Waals surface area (Å²) in [5.41, 5.74) is 1.93. The van der Waals surface area contributed by atoms with Gasteiger partial charge in [0, 0.05) is 17.6 Å². The molecule has 1 aromatic carbocycles. The summed E-state index contributed by atoms with van der Waals surface area (Å²) in [5, 5.41) is 0. The Bertz CT molecular complexity index is 700. The van der Waals surface area contributed by atoms with E-state index in [9.17, 15) is 4.79 Å². The molecule has 20 heavy (non-hydrogen) atoms. The number of carbonyl (C=O) groups excluding carboxylic acids is 1. The van der Waals surface area contributed by atoms with E-state index in [1.807, 2.05) is 27.7 Å². The van der Waals surface area contributed by atoms with Crippen molar-refractivity contribution in [2.24, 2.45) is 0 Å². The average Bonchev–Trinajstić information content (AvgIpc) is 2.76. The van der Waals surface area contributed by atoms with Crippen molar-refractivity contribution in [3.63, 3.8) is 0 Å². The molecule has 0 saturated carbocycles. The Labute approximate surface area is 130 Å². The number of rotatable bonds is 2. The minimum atomic E-state index is 0.154. The lowest BCUT2D eigenvalue weighted by Crippen LogP contribution is -2.37. The predicted molar refractivity (Wildman–Crippen MR) is 85.3 cm³/mol. The highest BCUT2D eigenvalue weighted by molar-refractivity contribution is 9.10. The van der Waals surface area contributed by atoms with Crippen molar-refractivity contribution in [1.82, 2.24) is 14.5 Å². The summed E-state index contributed by atoms with van der Waals surface area (Å²) in [4.78, 5) is 17.5. The van der Waals surface area contributed by atoms with Gasteiger partial charge in [0.15, 0.2) is 4.77 Å². The Balaban J connectivity index is 1.90. The Morgan fingerprint density at radius 3 is 2.80 bits per heavy atom. The zero-order valence-electron chi connectivity index (χ0n) is 11.1. The maximum absolute atomic E-state index is 12.4. The fourth-order valence-electron chi connectivity index (χ4n) is 2.66. The number of H-pyrrole nitrogens is 1. The van der Waals surface area contributed by atoms with Gasteiger partial charge in [-0.2, -0.15) is 0 Å². The fraction of sp³-hybridized carbons (Fsp3) is 0.429. The number of imidazole rings is 1. The molecule has 0 atom stereocenters. The van der Waals surface area contributed by atoms with Crippen molar-refractivity contribution in [3.8, 4) is 0 Å². The minimum Gasteiger partial charge on any atom is -0.341 e. The maximum atomic E-state index is 12.4. The fourth-order valence-corrected chi connectivity index (χ4v) is 3.28. The molecule has 6 heteroatoms. The van der Waals surface area contributed by atoms with E-state index in [0.29, 0.717) is 11.3 Å². The molecule has 106 valence electrons. The Kier molecular flexibility index (Phi) is 3.94. The van der Waals surface area contributed by atoms with Crippen molar-refractivity contribution in [2.45, 2.75) is 25.8 Å². The number of aromatic amines is 1. The molecule has 0 bridgehead atoms. The predicted octanol–water partition coefficient (Wildman–Crippen LogP) is 3.47. The van der Waals surface area contributed by atoms with Gasteiger partial charge in [-0.05, 0) is 49.7 Å².